The van der Waals surface area contributed by atoms with Gasteiger partial charge in [-0.15, -0.1) is 0 Å². The topological polar surface area (TPSA) is 121 Å². The molecule has 0 bridgehead atoms. The first kappa shape index (κ1) is 33.1. The number of hydrogen-bond donors (Lipinski definition) is 2. The number of aryl methyl sites for hydroxylation is 2. The van der Waals surface area contributed by atoms with Crippen LogP contribution in [0.3, 0.4) is 0 Å². The second-order valence-corrected chi connectivity index (χ2v) is 13.8. The lowest BCUT2D eigenvalue weighted by molar-refractivity contribution is -0.136. The molecule has 1 amide bonds. The molecule has 0 heterocycles. The molecule has 0 saturated heterocycles. The summed E-state index contributed by atoms with van der Waals surface area (Å²) >= 11 is 6.09. The maximum absolute atomic E-state index is 13.5. The van der Waals surface area contributed by atoms with Crippen LogP contribution in [0.25, 0.3) is 0 Å². The van der Waals surface area contributed by atoms with Crippen LogP contribution < -0.4 is 0 Å². The van der Waals surface area contributed by atoms with Gasteiger partial charge >= 0.3 is 12.1 Å². The monoisotopic (exact) mass is 615 g/mol. The average molecular weight is 616 g/mol. The fraction of sp³-hybridized carbons (Fsp3) is 0.375. The lowest BCUT2D eigenvalue weighted by Crippen LogP contribution is -2.45. The van der Waals surface area contributed by atoms with E-state index in [1.54, 1.807) is 69.3 Å². The van der Waals surface area contributed by atoms with Crippen LogP contribution in [-0.4, -0.2) is 53.8 Å². The van der Waals surface area contributed by atoms with Crippen LogP contribution in [0.1, 0.15) is 62.5 Å². The van der Waals surface area contributed by atoms with Crippen LogP contribution in [0.4, 0.5) is 4.79 Å². The molecule has 0 aromatic heterocycles. The normalized spacial score (nSPS) is 13.3. The van der Waals surface area contributed by atoms with Gasteiger partial charge in [0.05, 0.1) is 22.4 Å². The molecule has 0 aliphatic rings. The zero-order valence-electron chi connectivity index (χ0n) is 24.5. The fourth-order valence-electron chi connectivity index (χ4n) is 4.55. The highest BCUT2D eigenvalue weighted by Gasteiger charge is 2.29. The highest BCUT2D eigenvalue weighted by molar-refractivity contribution is 7.91. The number of carboxylic acid groups (broad SMARTS) is 1. The van der Waals surface area contributed by atoms with Gasteiger partial charge in [0, 0.05) is 17.5 Å². The molecular formula is C32H38ClNO7S. The van der Waals surface area contributed by atoms with Gasteiger partial charge in [-0.05, 0) is 94.5 Å². The van der Waals surface area contributed by atoms with Crippen molar-refractivity contribution >= 4 is 33.5 Å². The predicted octanol–water partition coefficient (Wildman–Crippen LogP) is 6.40. The summed E-state index contributed by atoms with van der Waals surface area (Å²) in [6.07, 6.45) is -1.29. The largest absolute Gasteiger partial charge is 0.481 e. The minimum Gasteiger partial charge on any atom is -0.481 e. The Hall–Kier alpha value is -3.40. The number of nitrogens with zero attached hydrogens (tertiary/aromatic N) is 1. The quantitative estimate of drug-likeness (QED) is 0.256. The molecule has 2 atom stereocenters. The maximum atomic E-state index is 13.5. The third-order valence-electron chi connectivity index (χ3n) is 6.64. The molecule has 3 rings (SSSR count). The van der Waals surface area contributed by atoms with Crippen molar-refractivity contribution in [1.29, 1.82) is 0 Å². The van der Waals surface area contributed by atoms with Crippen LogP contribution in [0, 0.1) is 6.92 Å². The first-order chi connectivity index (χ1) is 19.6. The average Bonchev–Trinajstić information content (AvgIpc) is 2.89. The number of sulfone groups is 1. The van der Waals surface area contributed by atoms with Crippen LogP contribution in [0.5, 0.6) is 0 Å². The number of hydrogen-bond acceptors (Lipinski definition) is 6. The third-order valence-corrected chi connectivity index (χ3v) is 8.75. The fourth-order valence-corrected chi connectivity index (χ4v) is 6.25. The van der Waals surface area contributed by atoms with E-state index < -0.39 is 39.6 Å². The number of carbonyl (C=O) groups excluding carboxylic acids is 1. The summed E-state index contributed by atoms with van der Waals surface area (Å²) in [7, 11) is -3.90. The summed E-state index contributed by atoms with van der Waals surface area (Å²) in [6.45, 7) is 8.92. The van der Waals surface area contributed by atoms with Crippen LogP contribution in [0.15, 0.2) is 76.5 Å². The van der Waals surface area contributed by atoms with E-state index in [4.69, 9.17) is 21.4 Å². The zero-order chi connectivity index (χ0) is 31.2. The Balaban J connectivity index is 1.83. The molecule has 0 saturated carbocycles. The molecule has 0 aliphatic carbocycles. The number of aliphatic carboxylic acids is 1. The molecule has 10 heteroatoms. The van der Waals surface area contributed by atoms with E-state index in [0.29, 0.717) is 22.6 Å². The molecule has 42 heavy (non-hydrogen) atoms. The Morgan fingerprint density at radius 1 is 1.02 bits per heavy atom. The molecule has 0 aliphatic heterocycles. The van der Waals surface area contributed by atoms with E-state index in [1.807, 2.05) is 13.8 Å². The van der Waals surface area contributed by atoms with Crippen molar-refractivity contribution in [3.63, 3.8) is 0 Å². The first-order valence-electron chi connectivity index (χ1n) is 13.7. The maximum Gasteiger partial charge on any atom is 0.410 e. The van der Waals surface area contributed by atoms with Gasteiger partial charge in [0.25, 0.3) is 0 Å². The van der Waals surface area contributed by atoms with Gasteiger partial charge in [-0.2, -0.15) is 0 Å². The Morgan fingerprint density at radius 2 is 1.69 bits per heavy atom. The summed E-state index contributed by atoms with van der Waals surface area (Å²) in [4.78, 5) is 25.9. The summed E-state index contributed by atoms with van der Waals surface area (Å²) in [5.41, 5.74) is 1.90. The van der Waals surface area contributed by atoms with Gasteiger partial charge in [-0.25, -0.2) is 13.2 Å². The second kappa shape index (κ2) is 13.7. The molecule has 3 aromatic rings. The molecular weight excluding hydrogens is 578 g/mol. The standard InChI is InChI=1S/C32H38ClNO7S/c1-21-9-15-29(25(17-21)12-16-30(36)37)42(39,40)27-13-10-23(11-14-27)18-22(2)34(31(38)41-32(3,4)5)20-28(35)24-7-6-8-26(33)19-24/h6-11,13-15,17,19,22,28,35H,12,16,18,20H2,1-5H3,(H,36,37)/t22-,28+/m1/s1. The molecule has 2 N–H and O–H groups in total. The van der Waals surface area contributed by atoms with Gasteiger partial charge in [0.1, 0.15) is 5.60 Å². The molecule has 0 fully saturated rings. The van der Waals surface area contributed by atoms with Crippen molar-refractivity contribution in [2.75, 3.05) is 6.54 Å². The SMILES string of the molecule is Cc1ccc(S(=O)(=O)c2ccc(C[C@@H](C)N(C[C@H](O)c3cccc(Cl)c3)C(=O)OC(C)(C)C)cc2)c(CCC(=O)O)c1. The third kappa shape index (κ3) is 9.05. The highest BCUT2D eigenvalue weighted by atomic mass is 35.5. The summed E-state index contributed by atoms with van der Waals surface area (Å²) in [5, 5.41) is 20.5. The number of carbonyl (C=O) groups is 2. The lowest BCUT2D eigenvalue weighted by atomic mass is 10.0. The number of aliphatic hydroxyl groups is 1. The molecule has 8 nitrogen and oxygen atoms in total. The molecule has 0 radical (unpaired) electrons. The van der Waals surface area contributed by atoms with Crippen molar-refractivity contribution in [1.82, 2.24) is 4.90 Å². The van der Waals surface area contributed by atoms with Gasteiger partial charge in [0.15, 0.2) is 0 Å². The van der Waals surface area contributed by atoms with Crippen molar-refractivity contribution in [2.45, 2.75) is 81.4 Å². The molecule has 226 valence electrons. The van der Waals surface area contributed by atoms with Crippen molar-refractivity contribution < 1.29 is 33.0 Å². The minimum atomic E-state index is -3.90. The highest BCUT2D eigenvalue weighted by Crippen LogP contribution is 2.27. The number of rotatable bonds is 11. The summed E-state index contributed by atoms with van der Waals surface area (Å²) in [5.74, 6) is -1.00. The van der Waals surface area contributed by atoms with Crippen LogP contribution in [0.2, 0.25) is 5.02 Å². The Morgan fingerprint density at radius 3 is 2.29 bits per heavy atom. The Bertz CT molecular complexity index is 1510. The van der Waals surface area contributed by atoms with E-state index in [2.05, 4.69) is 0 Å². The van der Waals surface area contributed by atoms with Crippen LogP contribution >= 0.6 is 11.6 Å². The van der Waals surface area contributed by atoms with Gasteiger partial charge in [-0.1, -0.05) is 53.6 Å². The molecule has 0 unspecified atom stereocenters. The van der Waals surface area contributed by atoms with Gasteiger partial charge in [0.2, 0.25) is 9.84 Å². The number of ether oxygens (including phenoxy) is 1. The van der Waals surface area contributed by atoms with E-state index in [1.165, 1.54) is 23.1 Å². The van der Waals surface area contributed by atoms with Gasteiger partial charge < -0.3 is 19.8 Å². The van der Waals surface area contributed by atoms with E-state index in [-0.39, 0.29) is 29.2 Å². The smallest absolute Gasteiger partial charge is 0.410 e. The van der Waals surface area contributed by atoms with E-state index >= 15 is 0 Å². The summed E-state index contributed by atoms with van der Waals surface area (Å²) in [6, 6.07) is 17.7. The van der Waals surface area contributed by atoms with E-state index in [9.17, 15) is 23.1 Å². The first-order valence-corrected chi connectivity index (χ1v) is 15.5. The van der Waals surface area contributed by atoms with Crippen molar-refractivity contribution in [3.05, 3.63) is 94.0 Å². The zero-order valence-corrected chi connectivity index (χ0v) is 26.1. The number of amides is 1. The lowest BCUT2D eigenvalue weighted by Gasteiger charge is -2.33. The van der Waals surface area contributed by atoms with Gasteiger partial charge in [-0.3, -0.25) is 4.79 Å². The molecule has 3 aromatic carbocycles. The predicted molar refractivity (Wildman–Crippen MR) is 162 cm³/mol. The summed E-state index contributed by atoms with van der Waals surface area (Å²) < 4.78 is 32.6. The number of benzene rings is 3. The number of halogens is 1. The number of aliphatic hydroxyl groups excluding tert-OH is 1. The second-order valence-electron chi connectivity index (χ2n) is 11.4. The molecule has 0 spiro atoms. The number of carboxylic acids is 1. The van der Waals surface area contributed by atoms with E-state index in [0.717, 1.165) is 11.1 Å². The van der Waals surface area contributed by atoms with Crippen molar-refractivity contribution in [3.8, 4) is 0 Å². The van der Waals surface area contributed by atoms with Crippen LogP contribution in [-0.2, 0) is 32.2 Å². The minimum absolute atomic E-state index is 0.0323. The Labute approximate surface area is 252 Å². The Kier molecular flexibility index (Phi) is 10.8. The van der Waals surface area contributed by atoms with Crippen molar-refractivity contribution in [2.24, 2.45) is 0 Å².